The molecule has 1 amide bonds. The lowest BCUT2D eigenvalue weighted by molar-refractivity contribution is 0.0942. The molecule has 1 aliphatic heterocycles. The number of aromatic hydroxyl groups is 1. The summed E-state index contributed by atoms with van der Waals surface area (Å²) in [7, 11) is 0. The monoisotopic (exact) mass is 348 g/mol. The van der Waals surface area contributed by atoms with E-state index in [-0.39, 0.29) is 11.4 Å². The Balaban J connectivity index is 1.77. The first-order valence-corrected chi connectivity index (χ1v) is 7.31. The fourth-order valence-corrected chi connectivity index (χ4v) is 2.86. The van der Waals surface area contributed by atoms with Crippen molar-refractivity contribution in [2.45, 2.75) is 13.0 Å². The highest BCUT2D eigenvalue weighted by Gasteiger charge is 2.19. The van der Waals surface area contributed by atoms with Gasteiger partial charge < -0.3 is 15.2 Å². The predicted octanol–water partition coefficient (Wildman–Crippen LogP) is 2.41. The topological polar surface area (TPSA) is 71.5 Å². The van der Waals surface area contributed by atoms with Crippen LogP contribution in [0.4, 0.5) is 0 Å². The van der Waals surface area contributed by atoms with Crippen LogP contribution in [-0.2, 0) is 13.0 Å². The van der Waals surface area contributed by atoms with E-state index in [4.69, 9.17) is 4.74 Å². The number of amides is 1. The normalized spacial score (nSPS) is 12.6. The predicted molar refractivity (Wildman–Crippen MR) is 80.4 cm³/mol. The third kappa shape index (κ3) is 2.85. The van der Waals surface area contributed by atoms with Crippen molar-refractivity contribution in [2.75, 3.05) is 6.61 Å². The highest BCUT2D eigenvalue weighted by molar-refractivity contribution is 9.10. The Hall–Kier alpha value is -2.08. The van der Waals surface area contributed by atoms with Crippen molar-refractivity contribution in [3.05, 3.63) is 51.8 Å². The molecule has 0 bridgehead atoms. The van der Waals surface area contributed by atoms with Gasteiger partial charge in [-0.25, -0.2) is 4.98 Å². The third-order valence-electron chi connectivity index (χ3n) is 3.27. The van der Waals surface area contributed by atoms with Crippen LogP contribution < -0.4 is 10.1 Å². The second-order valence-electron chi connectivity index (χ2n) is 4.71. The molecule has 0 radical (unpaired) electrons. The van der Waals surface area contributed by atoms with E-state index in [2.05, 4.69) is 26.2 Å². The van der Waals surface area contributed by atoms with E-state index >= 15 is 0 Å². The summed E-state index contributed by atoms with van der Waals surface area (Å²) in [5.41, 5.74) is 2.06. The number of benzene rings is 1. The number of nitrogens with one attached hydrogen (secondary N) is 1. The first-order valence-electron chi connectivity index (χ1n) is 6.51. The zero-order valence-electron chi connectivity index (χ0n) is 11.1. The number of halogens is 1. The molecule has 3 rings (SSSR count). The SMILES string of the molecule is O=C(NCc1cc(Br)cc2c1OCC2)c1ncccc1O. The van der Waals surface area contributed by atoms with Crippen molar-refractivity contribution in [1.82, 2.24) is 10.3 Å². The molecular weight excluding hydrogens is 336 g/mol. The van der Waals surface area contributed by atoms with Crippen LogP contribution in [0.1, 0.15) is 21.6 Å². The first kappa shape index (κ1) is 13.9. The number of carbonyl (C=O) groups is 1. The lowest BCUT2D eigenvalue weighted by atomic mass is 10.1. The van der Waals surface area contributed by atoms with Crippen LogP contribution in [0.5, 0.6) is 11.5 Å². The molecule has 0 saturated carbocycles. The van der Waals surface area contributed by atoms with Crippen molar-refractivity contribution >= 4 is 21.8 Å². The summed E-state index contributed by atoms with van der Waals surface area (Å²) in [6, 6.07) is 6.95. The van der Waals surface area contributed by atoms with E-state index in [0.29, 0.717) is 13.2 Å². The van der Waals surface area contributed by atoms with E-state index in [1.807, 2.05) is 12.1 Å². The van der Waals surface area contributed by atoms with E-state index < -0.39 is 5.91 Å². The largest absolute Gasteiger partial charge is 0.505 e. The van der Waals surface area contributed by atoms with E-state index in [1.54, 1.807) is 6.07 Å². The molecule has 108 valence electrons. The molecule has 1 aromatic heterocycles. The smallest absolute Gasteiger partial charge is 0.274 e. The molecule has 0 saturated heterocycles. The van der Waals surface area contributed by atoms with Gasteiger partial charge in [0.2, 0.25) is 0 Å². The molecule has 6 heteroatoms. The van der Waals surface area contributed by atoms with Gasteiger partial charge in [-0.3, -0.25) is 4.79 Å². The summed E-state index contributed by atoms with van der Waals surface area (Å²) < 4.78 is 6.56. The molecule has 2 aromatic rings. The zero-order valence-corrected chi connectivity index (χ0v) is 12.7. The number of ether oxygens (including phenoxy) is 1. The first-order chi connectivity index (χ1) is 10.1. The number of nitrogens with zero attached hydrogens (tertiary/aromatic N) is 1. The molecule has 2 N–H and O–H groups in total. The minimum atomic E-state index is -0.417. The Kier molecular flexibility index (Phi) is 3.79. The summed E-state index contributed by atoms with van der Waals surface area (Å²) >= 11 is 3.46. The van der Waals surface area contributed by atoms with Crippen LogP contribution in [-0.4, -0.2) is 22.6 Å². The summed E-state index contributed by atoms with van der Waals surface area (Å²) in [5.74, 6) is 0.286. The molecule has 21 heavy (non-hydrogen) atoms. The zero-order chi connectivity index (χ0) is 14.8. The number of pyridine rings is 1. The molecular formula is C15H13BrN2O3. The van der Waals surface area contributed by atoms with Gasteiger partial charge in [-0.2, -0.15) is 0 Å². The Morgan fingerprint density at radius 2 is 2.33 bits per heavy atom. The second-order valence-corrected chi connectivity index (χ2v) is 5.62. The van der Waals surface area contributed by atoms with Gasteiger partial charge >= 0.3 is 0 Å². The molecule has 0 unspecified atom stereocenters. The molecule has 0 fully saturated rings. The van der Waals surface area contributed by atoms with Crippen LogP contribution >= 0.6 is 15.9 Å². The second kappa shape index (κ2) is 5.73. The Morgan fingerprint density at radius 3 is 3.14 bits per heavy atom. The molecule has 2 heterocycles. The third-order valence-corrected chi connectivity index (χ3v) is 3.72. The van der Waals surface area contributed by atoms with E-state index in [9.17, 15) is 9.90 Å². The Morgan fingerprint density at radius 1 is 1.48 bits per heavy atom. The lowest BCUT2D eigenvalue weighted by Gasteiger charge is -2.10. The van der Waals surface area contributed by atoms with E-state index in [1.165, 1.54) is 12.3 Å². The van der Waals surface area contributed by atoms with Crippen LogP contribution in [0.25, 0.3) is 0 Å². The number of fused-ring (bicyclic) bond motifs is 1. The van der Waals surface area contributed by atoms with Gasteiger partial charge in [-0.1, -0.05) is 15.9 Å². The number of hydrogen-bond donors (Lipinski definition) is 2. The van der Waals surface area contributed by atoms with Gasteiger partial charge in [0.15, 0.2) is 5.69 Å². The van der Waals surface area contributed by atoms with Crippen LogP contribution in [0, 0.1) is 0 Å². The summed E-state index contributed by atoms with van der Waals surface area (Å²) in [6.45, 7) is 0.977. The molecule has 0 aliphatic carbocycles. The maximum atomic E-state index is 12.0. The Labute approximate surface area is 130 Å². The van der Waals surface area contributed by atoms with Gasteiger partial charge in [0, 0.05) is 29.2 Å². The fraction of sp³-hybridized carbons (Fsp3) is 0.200. The minimum Gasteiger partial charge on any atom is -0.505 e. The van der Waals surface area contributed by atoms with Gasteiger partial charge in [0.25, 0.3) is 5.91 Å². The number of hydrogen-bond acceptors (Lipinski definition) is 4. The molecule has 5 nitrogen and oxygen atoms in total. The Bertz CT molecular complexity index is 703. The fourth-order valence-electron chi connectivity index (χ4n) is 2.31. The average Bonchev–Trinajstić information content (AvgIpc) is 2.93. The van der Waals surface area contributed by atoms with Gasteiger partial charge in [0.05, 0.1) is 6.61 Å². The van der Waals surface area contributed by atoms with Crippen LogP contribution in [0.3, 0.4) is 0 Å². The highest BCUT2D eigenvalue weighted by Crippen LogP contribution is 2.32. The van der Waals surface area contributed by atoms with Crippen LogP contribution in [0.2, 0.25) is 0 Å². The maximum absolute atomic E-state index is 12.0. The standard InChI is InChI=1S/C15H13BrN2O3/c16-11-6-9-3-5-21-14(9)10(7-11)8-18-15(20)13-12(19)2-1-4-17-13/h1-2,4,6-7,19H,3,5,8H2,(H,18,20). The van der Waals surface area contributed by atoms with Crippen molar-refractivity contribution in [3.8, 4) is 11.5 Å². The molecule has 1 aliphatic rings. The summed E-state index contributed by atoms with van der Waals surface area (Å²) in [4.78, 5) is 15.9. The van der Waals surface area contributed by atoms with E-state index in [0.717, 1.165) is 27.8 Å². The lowest BCUT2D eigenvalue weighted by Crippen LogP contribution is -2.24. The number of aromatic nitrogens is 1. The van der Waals surface area contributed by atoms with Gasteiger partial charge in [-0.05, 0) is 29.8 Å². The molecule has 0 atom stereocenters. The van der Waals surface area contributed by atoms with Crippen molar-refractivity contribution < 1.29 is 14.6 Å². The molecule has 1 aromatic carbocycles. The maximum Gasteiger partial charge on any atom is 0.274 e. The van der Waals surface area contributed by atoms with Gasteiger partial charge in [0.1, 0.15) is 11.5 Å². The minimum absolute atomic E-state index is 0.0186. The molecule has 0 spiro atoms. The average molecular weight is 349 g/mol. The van der Waals surface area contributed by atoms with Crippen molar-refractivity contribution in [2.24, 2.45) is 0 Å². The highest BCUT2D eigenvalue weighted by atomic mass is 79.9. The van der Waals surface area contributed by atoms with Crippen molar-refractivity contribution in [1.29, 1.82) is 0 Å². The number of carbonyl (C=O) groups excluding carboxylic acids is 1. The quantitative estimate of drug-likeness (QED) is 0.893. The summed E-state index contributed by atoms with van der Waals surface area (Å²) in [5, 5.41) is 12.4. The van der Waals surface area contributed by atoms with Crippen LogP contribution in [0.15, 0.2) is 34.9 Å². The summed E-state index contributed by atoms with van der Waals surface area (Å²) in [6.07, 6.45) is 2.34. The number of rotatable bonds is 3. The van der Waals surface area contributed by atoms with Gasteiger partial charge in [-0.15, -0.1) is 0 Å². The van der Waals surface area contributed by atoms with Crippen molar-refractivity contribution in [3.63, 3.8) is 0 Å².